The summed E-state index contributed by atoms with van der Waals surface area (Å²) in [6, 6.07) is 9.81. The molecule has 1 saturated heterocycles. The van der Waals surface area contributed by atoms with Gasteiger partial charge >= 0.3 is 0 Å². The van der Waals surface area contributed by atoms with Crippen LogP contribution in [0.1, 0.15) is 12.5 Å². The fraction of sp³-hybridized carbons (Fsp3) is 0.600. The lowest BCUT2D eigenvalue weighted by Gasteiger charge is -2.42. The first-order valence-corrected chi connectivity index (χ1v) is 6.72. The highest BCUT2D eigenvalue weighted by atomic mass is 16.7. The molecule has 0 bridgehead atoms. The van der Waals surface area contributed by atoms with Gasteiger partial charge in [0.25, 0.3) is 0 Å². The first kappa shape index (κ1) is 15.4. The number of benzene rings is 1. The zero-order valence-corrected chi connectivity index (χ0v) is 12.1. The molecular weight excluding hydrogens is 260 g/mol. The highest BCUT2D eigenvalue weighted by molar-refractivity contribution is 5.13. The van der Waals surface area contributed by atoms with Gasteiger partial charge in [0.15, 0.2) is 6.29 Å². The topological polar surface area (TPSA) is 57.2 Å². The first-order chi connectivity index (χ1) is 9.67. The lowest BCUT2D eigenvalue weighted by molar-refractivity contribution is -0.300. The van der Waals surface area contributed by atoms with Gasteiger partial charge in [0, 0.05) is 14.2 Å². The Labute approximate surface area is 119 Å². The largest absolute Gasteiger partial charge is 0.388 e. The van der Waals surface area contributed by atoms with Gasteiger partial charge < -0.3 is 24.1 Å². The Balaban J connectivity index is 2.05. The number of aliphatic hydroxyl groups excluding tert-OH is 1. The van der Waals surface area contributed by atoms with E-state index < -0.39 is 24.6 Å². The van der Waals surface area contributed by atoms with Crippen LogP contribution in [0.25, 0.3) is 0 Å². The fourth-order valence-electron chi connectivity index (χ4n) is 2.38. The second-order valence-electron chi connectivity index (χ2n) is 4.90. The number of ether oxygens (including phenoxy) is 4. The molecule has 0 spiro atoms. The van der Waals surface area contributed by atoms with Crippen LogP contribution in [0.3, 0.4) is 0 Å². The van der Waals surface area contributed by atoms with Crippen molar-refractivity contribution < 1.29 is 24.1 Å². The van der Waals surface area contributed by atoms with Gasteiger partial charge in [0.2, 0.25) is 0 Å². The zero-order valence-electron chi connectivity index (χ0n) is 12.1. The van der Waals surface area contributed by atoms with E-state index in [9.17, 15) is 5.11 Å². The summed E-state index contributed by atoms with van der Waals surface area (Å²) in [4.78, 5) is 0. The quantitative estimate of drug-likeness (QED) is 0.883. The van der Waals surface area contributed by atoms with Crippen LogP contribution in [0.15, 0.2) is 30.3 Å². The number of aliphatic hydroxyl groups is 1. The van der Waals surface area contributed by atoms with E-state index in [0.29, 0.717) is 6.61 Å². The van der Waals surface area contributed by atoms with Crippen molar-refractivity contribution >= 4 is 0 Å². The Morgan fingerprint density at radius 3 is 2.40 bits per heavy atom. The van der Waals surface area contributed by atoms with Crippen molar-refractivity contribution in [2.24, 2.45) is 0 Å². The Hall–Kier alpha value is -0.980. The molecule has 1 aliphatic rings. The molecule has 0 unspecified atom stereocenters. The summed E-state index contributed by atoms with van der Waals surface area (Å²) in [6.07, 6.45) is -2.62. The van der Waals surface area contributed by atoms with Gasteiger partial charge in [-0.2, -0.15) is 0 Å². The maximum atomic E-state index is 10.2. The summed E-state index contributed by atoms with van der Waals surface area (Å²) in [5.74, 6) is 0. The summed E-state index contributed by atoms with van der Waals surface area (Å²) >= 11 is 0. The molecule has 1 fully saturated rings. The zero-order chi connectivity index (χ0) is 14.5. The van der Waals surface area contributed by atoms with E-state index in [2.05, 4.69) is 0 Å². The maximum Gasteiger partial charge on any atom is 0.186 e. The molecule has 0 saturated carbocycles. The molecular formula is C15H22O5. The molecule has 20 heavy (non-hydrogen) atoms. The number of hydrogen-bond acceptors (Lipinski definition) is 5. The van der Waals surface area contributed by atoms with Crippen LogP contribution in [0, 0.1) is 0 Å². The minimum atomic E-state index is -0.755. The normalized spacial score (nSPS) is 34.1. The Bertz CT molecular complexity index is 397. The summed E-state index contributed by atoms with van der Waals surface area (Å²) in [7, 11) is 3.11. The maximum absolute atomic E-state index is 10.2. The molecule has 5 atom stereocenters. The van der Waals surface area contributed by atoms with Crippen molar-refractivity contribution in [1.29, 1.82) is 0 Å². The van der Waals surface area contributed by atoms with Crippen LogP contribution in [0.2, 0.25) is 0 Å². The smallest absolute Gasteiger partial charge is 0.186 e. The van der Waals surface area contributed by atoms with Gasteiger partial charge in [-0.25, -0.2) is 0 Å². The highest BCUT2D eigenvalue weighted by Gasteiger charge is 2.44. The van der Waals surface area contributed by atoms with Gasteiger partial charge in [-0.05, 0) is 12.5 Å². The molecule has 0 aromatic heterocycles. The third-order valence-electron chi connectivity index (χ3n) is 3.55. The third kappa shape index (κ3) is 3.37. The lowest BCUT2D eigenvalue weighted by Crippen LogP contribution is -2.58. The second-order valence-corrected chi connectivity index (χ2v) is 4.90. The van der Waals surface area contributed by atoms with Crippen LogP contribution in [-0.4, -0.2) is 50.0 Å². The monoisotopic (exact) mass is 282 g/mol. The molecule has 2 rings (SSSR count). The molecule has 1 N–H and O–H groups in total. The van der Waals surface area contributed by atoms with E-state index in [1.54, 1.807) is 21.1 Å². The molecule has 0 amide bonds. The Morgan fingerprint density at radius 2 is 1.80 bits per heavy atom. The summed E-state index contributed by atoms with van der Waals surface area (Å²) in [5.41, 5.74) is 1.04. The van der Waals surface area contributed by atoms with Gasteiger partial charge in [0.1, 0.15) is 18.3 Å². The van der Waals surface area contributed by atoms with E-state index in [-0.39, 0.29) is 6.10 Å². The molecule has 1 aromatic rings. The minimum Gasteiger partial charge on any atom is -0.388 e. The van der Waals surface area contributed by atoms with Crippen molar-refractivity contribution in [2.45, 2.75) is 44.2 Å². The number of methoxy groups -OCH3 is 2. The van der Waals surface area contributed by atoms with Crippen LogP contribution in [-0.2, 0) is 25.6 Å². The van der Waals surface area contributed by atoms with Crippen molar-refractivity contribution in [2.75, 3.05) is 14.2 Å². The second kappa shape index (κ2) is 7.15. The third-order valence-corrected chi connectivity index (χ3v) is 3.55. The molecule has 1 aliphatic heterocycles. The Morgan fingerprint density at radius 1 is 1.10 bits per heavy atom. The van der Waals surface area contributed by atoms with Crippen molar-refractivity contribution in [3.05, 3.63) is 35.9 Å². The van der Waals surface area contributed by atoms with E-state index in [4.69, 9.17) is 18.9 Å². The minimum absolute atomic E-state index is 0.368. The molecule has 0 radical (unpaired) electrons. The lowest BCUT2D eigenvalue weighted by atomic mass is 9.99. The van der Waals surface area contributed by atoms with Crippen molar-refractivity contribution in [3.63, 3.8) is 0 Å². The molecule has 5 heteroatoms. The van der Waals surface area contributed by atoms with Gasteiger partial charge in [0.05, 0.1) is 12.7 Å². The van der Waals surface area contributed by atoms with Crippen LogP contribution < -0.4 is 0 Å². The molecule has 5 nitrogen and oxygen atoms in total. The average Bonchev–Trinajstić information content (AvgIpc) is 2.49. The van der Waals surface area contributed by atoms with Gasteiger partial charge in [-0.3, -0.25) is 0 Å². The predicted molar refractivity (Wildman–Crippen MR) is 73.2 cm³/mol. The van der Waals surface area contributed by atoms with E-state index in [1.165, 1.54) is 0 Å². The summed E-state index contributed by atoms with van der Waals surface area (Å²) in [6.45, 7) is 2.20. The van der Waals surface area contributed by atoms with Crippen molar-refractivity contribution in [1.82, 2.24) is 0 Å². The fourth-order valence-corrected chi connectivity index (χ4v) is 2.38. The predicted octanol–water partition coefficient (Wildman–Crippen LogP) is 1.34. The molecule has 1 heterocycles. The number of hydrogen-bond donors (Lipinski definition) is 1. The van der Waals surface area contributed by atoms with Crippen LogP contribution in [0.4, 0.5) is 0 Å². The Kier molecular flexibility index (Phi) is 5.51. The van der Waals surface area contributed by atoms with Crippen LogP contribution in [0.5, 0.6) is 0 Å². The molecule has 1 aromatic carbocycles. The molecule has 0 aliphatic carbocycles. The summed E-state index contributed by atoms with van der Waals surface area (Å²) < 4.78 is 22.0. The summed E-state index contributed by atoms with van der Waals surface area (Å²) in [5, 5.41) is 10.2. The van der Waals surface area contributed by atoms with E-state index >= 15 is 0 Å². The van der Waals surface area contributed by atoms with Gasteiger partial charge in [-0.15, -0.1) is 0 Å². The SMILES string of the molecule is CO[C@H]1O[C@@H](C)[C@@H](O)[C@H](OCc2ccccc2)[C@@H]1OC. The highest BCUT2D eigenvalue weighted by Crippen LogP contribution is 2.26. The van der Waals surface area contributed by atoms with Crippen molar-refractivity contribution in [3.8, 4) is 0 Å². The first-order valence-electron chi connectivity index (χ1n) is 6.72. The molecule has 112 valence electrons. The van der Waals surface area contributed by atoms with Crippen LogP contribution >= 0.6 is 0 Å². The number of rotatable bonds is 5. The standard InChI is InChI=1S/C15H22O5/c1-10-12(16)13(14(17-2)15(18-3)20-10)19-9-11-7-5-4-6-8-11/h4-8,10,12-16H,9H2,1-3H3/t10-,12+,13-,14-,15-/m0/s1. The van der Waals surface area contributed by atoms with E-state index in [1.807, 2.05) is 30.3 Å². The van der Waals surface area contributed by atoms with Gasteiger partial charge in [-0.1, -0.05) is 30.3 Å². The average molecular weight is 282 g/mol. The van der Waals surface area contributed by atoms with E-state index in [0.717, 1.165) is 5.56 Å².